The number of nitrogens with zero attached hydrogens (tertiary/aromatic N) is 1. The first-order chi connectivity index (χ1) is 9.63. The molecule has 1 aromatic carbocycles. The van der Waals surface area contributed by atoms with Crippen molar-refractivity contribution in [1.29, 1.82) is 0 Å². The Bertz CT molecular complexity index is 558. The van der Waals surface area contributed by atoms with Crippen molar-refractivity contribution in [2.75, 3.05) is 6.54 Å². The Morgan fingerprint density at radius 2 is 2.00 bits per heavy atom. The van der Waals surface area contributed by atoms with Gasteiger partial charge in [0.1, 0.15) is 5.75 Å². The number of pyridine rings is 1. The Kier molecular flexibility index (Phi) is 5.39. The van der Waals surface area contributed by atoms with Crippen LogP contribution in [0.4, 0.5) is 0 Å². The summed E-state index contributed by atoms with van der Waals surface area (Å²) < 4.78 is 5.70. The summed E-state index contributed by atoms with van der Waals surface area (Å²) in [5, 5.41) is 4.01. The molecule has 0 radical (unpaired) electrons. The first-order valence-electron chi connectivity index (χ1n) is 6.73. The van der Waals surface area contributed by atoms with Crippen LogP contribution in [0.2, 0.25) is 5.02 Å². The Morgan fingerprint density at radius 3 is 2.75 bits per heavy atom. The summed E-state index contributed by atoms with van der Waals surface area (Å²) in [6.45, 7) is 6.07. The highest BCUT2D eigenvalue weighted by Crippen LogP contribution is 2.22. The molecular weight excluding hydrogens is 272 g/mol. The lowest BCUT2D eigenvalue weighted by atomic mass is 10.2. The highest BCUT2D eigenvalue weighted by Gasteiger charge is 2.02. The van der Waals surface area contributed by atoms with Crippen LogP contribution < -0.4 is 10.1 Å². The molecule has 0 aliphatic heterocycles. The minimum absolute atomic E-state index is 0.580. The van der Waals surface area contributed by atoms with E-state index in [0.717, 1.165) is 18.8 Å². The molecule has 0 amide bonds. The van der Waals surface area contributed by atoms with Crippen LogP contribution in [0.3, 0.4) is 0 Å². The average molecular weight is 291 g/mol. The Balaban J connectivity index is 1.99. The van der Waals surface area contributed by atoms with Crippen LogP contribution in [0, 0.1) is 5.92 Å². The van der Waals surface area contributed by atoms with E-state index in [1.54, 1.807) is 6.07 Å². The van der Waals surface area contributed by atoms with E-state index in [1.165, 1.54) is 0 Å². The third-order valence-corrected chi connectivity index (χ3v) is 2.89. The van der Waals surface area contributed by atoms with Gasteiger partial charge in [-0.05, 0) is 36.7 Å². The average Bonchev–Trinajstić information content (AvgIpc) is 2.39. The molecule has 2 aromatic rings. The molecular formula is C16H19ClN2O. The zero-order chi connectivity index (χ0) is 14.4. The second-order valence-corrected chi connectivity index (χ2v) is 5.49. The van der Waals surface area contributed by atoms with Gasteiger partial charge in [0.05, 0.1) is 5.69 Å². The number of ether oxygens (including phenoxy) is 1. The minimum atomic E-state index is 0.580. The predicted octanol–water partition coefficient (Wildman–Crippen LogP) is 4.27. The van der Waals surface area contributed by atoms with E-state index in [-0.39, 0.29) is 0 Å². The number of nitrogens with one attached hydrogen (secondary N) is 1. The maximum atomic E-state index is 5.93. The molecule has 3 nitrogen and oxygen atoms in total. The number of hydrogen-bond donors (Lipinski definition) is 1. The Morgan fingerprint density at radius 1 is 1.20 bits per heavy atom. The molecule has 0 aliphatic carbocycles. The highest BCUT2D eigenvalue weighted by molar-refractivity contribution is 6.30. The molecule has 0 spiro atoms. The fourth-order valence-electron chi connectivity index (χ4n) is 1.75. The second-order valence-electron chi connectivity index (χ2n) is 5.05. The number of hydrogen-bond acceptors (Lipinski definition) is 3. The maximum absolute atomic E-state index is 5.93. The summed E-state index contributed by atoms with van der Waals surface area (Å²) in [5.41, 5.74) is 0.963. The summed E-state index contributed by atoms with van der Waals surface area (Å²) >= 11 is 5.93. The Hall–Kier alpha value is -1.58. The summed E-state index contributed by atoms with van der Waals surface area (Å²) in [6.07, 6.45) is 0. The van der Waals surface area contributed by atoms with Gasteiger partial charge in [-0.3, -0.25) is 0 Å². The second kappa shape index (κ2) is 7.27. The van der Waals surface area contributed by atoms with E-state index in [0.29, 0.717) is 22.6 Å². The van der Waals surface area contributed by atoms with E-state index in [2.05, 4.69) is 24.1 Å². The van der Waals surface area contributed by atoms with Crippen LogP contribution in [0.15, 0.2) is 42.5 Å². The molecule has 1 N–H and O–H groups in total. The third-order valence-electron chi connectivity index (χ3n) is 2.66. The first-order valence-corrected chi connectivity index (χ1v) is 7.11. The van der Waals surface area contributed by atoms with Crippen LogP contribution in [0.5, 0.6) is 11.6 Å². The SMILES string of the molecule is CC(C)CNCc1cccc(Oc2cccc(Cl)c2)n1. The number of halogens is 1. The predicted molar refractivity (Wildman–Crippen MR) is 82.3 cm³/mol. The van der Waals surface area contributed by atoms with Crippen molar-refractivity contribution >= 4 is 11.6 Å². The zero-order valence-electron chi connectivity index (χ0n) is 11.8. The van der Waals surface area contributed by atoms with Crippen LogP contribution in [0.25, 0.3) is 0 Å². The van der Waals surface area contributed by atoms with Gasteiger partial charge in [0, 0.05) is 17.6 Å². The molecule has 1 heterocycles. The van der Waals surface area contributed by atoms with E-state index < -0.39 is 0 Å². The van der Waals surface area contributed by atoms with Gasteiger partial charge >= 0.3 is 0 Å². The lowest BCUT2D eigenvalue weighted by Gasteiger charge is -2.09. The largest absolute Gasteiger partial charge is 0.439 e. The van der Waals surface area contributed by atoms with Crippen molar-refractivity contribution in [3.8, 4) is 11.6 Å². The molecule has 106 valence electrons. The molecule has 2 rings (SSSR count). The van der Waals surface area contributed by atoms with Crippen molar-refractivity contribution in [3.63, 3.8) is 0 Å². The molecule has 0 saturated heterocycles. The fraction of sp³-hybridized carbons (Fsp3) is 0.312. The normalized spacial score (nSPS) is 10.8. The number of benzene rings is 1. The minimum Gasteiger partial charge on any atom is -0.439 e. The molecule has 20 heavy (non-hydrogen) atoms. The fourth-order valence-corrected chi connectivity index (χ4v) is 1.93. The van der Waals surface area contributed by atoms with Crippen molar-refractivity contribution in [3.05, 3.63) is 53.2 Å². The summed E-state index contributed by atoms with van der Waals surface area (Å²) in [6, 6.07) is 13.1. The topological polar surface area (TPSA) is 34.1 Å². The molecule has 0 saturated carbocycles. The number of aromatic nitrogens is 1. The highest BCUT2D eigenvalue weighted by atomic mass is 35.5. The van der Waals surface area contributed by atoms with Gasteiger partial charge in [-0.15, -0.1) is 0 Å². The summed E-state index contributed by atoms with van der Waals surface area (Å²) in [4.78, 5) is 4.47. The van der Waals surface area contributed by atoms with Crippen molar-refractivity contribution < 1.29 is 4.74 Å². The van der Waals surface area contributed by atoms with Gasteiger partial charge in [-0.25, -0.2) is 4.98 Å². The quantitative estimate of drug-likeness (QED) is 0.862. The zero-order valence-corrected chi connectivity index (χ0v) is 12.5. The van der Waals surface area contributed by atoms with Crippen LogP contribution in [-0.2, 0) is 6.54 Å². The van der Waals surface area contributed by atoms with Crippen molar-refractivity contribution in [1.82, 2.24) is 10.3 Å². The van der Waals surface area contributed by atoms with Crippen LogP contribution in [-0.4, -0.2) is 11.5 Å². The van der Waals surface area contributed by atoms with E-state index >= 15 is 0 Å². The summed E-state index contributed by atoms with van der Waals surface area (Å²) in [5.74, 6) is 1.90. The molecule has 0 unspecified atom stereocenters. The van der Waals surface area contributed by atoms with Gasteiger partial charge in [0.15, 0.2) is 0 Å². The van der Waals surface area contributed by atoms with Gasteiger partial charge in [-0.2, -0.15) is 0 Å². The van der Waals surface area contributed by atoms with Gasteiger partial charge < -0.3 is 10.1 Å². The monoisotopic (exact) mass is 290 g/mol. The maximum Gasteiger partial charge on any atom is 0.219 e. The van der Waals surface area contributed by atoms with E-state index in [1.807, 2.05) is 36.4 Å². The number of rotatable bonds is 6. The Labute approximate surface area is 124 Å². The van der Waals surface area contributed by atoms with Gasteiger partial charge in [0.25, 0.3) is 0 Å². The third kappa shape index (κ3) is 4.83. The molecule has 0 fully saturated rings. The molecule has 0 atom stereocenters. The first kappa shape index (κ1) is 14.8. The van der Waals surface area contributed by atoms with E-state index in [4.69, 9.17) is 16.3 Å². The molecule has 0 aliphatic rings. The van der Waals surface area contributed by atoms with Crippen molar-refractivity contribution in [2.24, 2.45) is 5.92 Å². The molecule has 1 aromatic heterocycles. The molecule has 4 heteroatoms. The van der Waals surface area contributed by atoms with E-state index in [9.17, 15) is 0 Å². The van der Waals surface area contributed by atoms with Crippen molar-refractivity contribution in [2.45, 2.75) is 20.4 Å². The summed E-state index contributed by atoms with van der Waals surface area (Å²) in [7, 11) is 0. The van der Waals surface area contributed by atoms with Gasteiger partial charge in [0.2, 0.25) is 5.88 Å². The lowest BCUT2D eigenvalue weighted by Crippen LogP contribution is -2.19. The van der Waals surface area contributed by atoms with Gasteiger partial charge in [-0.1, -0.05) is 37.6 Å². The van der Waals surface area contributed by atoms with Crippen LogP contribution >= 0.6 is 11.6 Å². The lowest BCUT2D eigenvalue weighted by molar-refractivity contribution is 0.458. The standard InChI is InChI=1S/C16H19ClN2O/c1-12(2)10-18-11-14-6-4-8-16(19-14)20-15-7-3-5-13(17)9-15/h3-9,12,18H,10-11H2,1-2H3. The molecule has 0 bridgehead atoms. The smallest absolute Gasteiger partial charge is 0.219 e. The van der Waals surface area contributed by atoms with Crippen LogP contribution in [0.1, 0.15) is 19.5 Å².